The molecule has 1 aromatic carbocycles. The van der Waals surface area contributed by atoms with Gasteiger partial charge in [0, 0.05) is 11.5 Å². The van der Waals surface area contributed by atoms with E-state index in [1.54, 1.807) is 19.2 Å². The van der Waals surface area contributed by atoms with Crippen LogP contribution in [0.4, 0.5) is 0 Å². The molecule has 0 radical (unpaired) electrons. The molecule has 4 rings (SSSR count). The number of aromatic carboxylic acids is 1. The molecule has 1 aliphatic rings. The summed E-state index contributed by atoms with van der Waals surface area (Å²) in [4.78, 5) is 23.8. The molecule has 2 heterocycles. The maximum absolute atomic E-state index is 12.0. The molecule has 1 saturated carbocycles. The van der Waals surface area contributed by atoms with Gasteiger partial charge in [0.15, 0.2) is 30.2 Å². The molecule has 1 fully saturated rings. The van der Waals surface area contributed by atoms with Gasteiger partial charge in [-0.05, 0) is 54.5 Å². The van der Waals surface area contributed by atoms with Gasteiger partial charge in [-0.1, -0.05) is 29.3 Å². The van der Waals surface area contributed by atoms with E-state index in [1.807, 2.05) is 12.1 Å². The summed E-state index contributed by atoms with van der Waals surface area (Å²) in [6.45, 7) is 0.568. The van der Waals surface area contributed by atoms with Crippen molar-refractivity contribution >= 4 is 46.8 Å². The van der Waals surface area contributed by atoms with Gasteiger partial charge in [0.2, 0.25) is 0 Å². The Bertz CT molecular complexity index is 1220. The van der Waals surface area contributed by atoms with Gasteiger partial charge in [-0.15, -0.1) is 11.3 Å². The molecule has 0 aliphatic heterocycles. The average Bonchev–Trinajstić information content (AvgIpc) is 3.53. The highest BCUT2D eigenvalue weighted by Gasteiger charge is 2.28. The van der Waals surface area contributed by atoms with Gasteiger partial charge >= 0.3 is 5.97 Å². The number of ether oxygens (including phenoxy) is 2. The zero-order valence-corrected chi connectivity index (χ0v) is 20.5. The number of hydrogen-bond donors (Lipinski definition) is 1. The van der Waals surface area contributed by atoms with Crippen molar-refractivity contribution < 1.29 is 28.9 Å². The van der Waals surface area contributed by atoms with Crippen LogP contribution in [0.25, 0.3) is 0 Å². The number of rotatable bonds is 10. The predicted octanol–water partition coefficient (Wildman–Crippen LogP) is 5.37. The van der Waals surface area contributed by atoms with E-state index in [0.29, 0.717) is 51.0 Å². The van der Waals surface area contributed by atoms with Gasteiger partial charge in [-0.3, -0.25) is 4.79 Å². The van der Waals surface area contributed by atoms with Crippen LogP contribution in [0.5, 0.6) is 11.5 Å². The van der Waals surface area contributed by atoms with Crippen LogP contribution in [0, 0.1) is 11.1 Å². The quantitative estimate of drug-likeness (QED) is 0.218. The maximum Gasteiger partial charge on any atom is 0.346 e. The highest BCUT2D eigenvalue weighted by atomic mass is 35.5. The molecule has 0 saturated heterocycles. The number of carboxylic acid groups (broad SMARTS) is 1. The summed E-state index contributed by atoms with van der Waals surface area (Å²) >= 11 is 13.6. The topological polar surface area (TPSA) is 99.8 Å². The first kappa shape index (κ1) is 24.3. The van der Waals surface area contributed by atoms with Crippen LogP contribution >= 0.6 is 34.5 Å². The molecule has 10 heteroatoms. The summed E-state index contributed by atoms with van der Waals surface area (Å²) in [5, 5.41) is 21.9. The van der Waals surface area contributed by atoms with E-state index in [1.165, 1.54) is 12.4 Å². The second-order valence-corrected chi connectivity index (χ2v) is 9.97. The van der Waals surface area contributed by atoms with E-state index >= 15 is 0 Å². The molecule has 0 bridgehead atoms. The number of carbonyl (C=O) groups excluding carboxylic acids is 1. The molecule has 178 valence electrons. The fourth-order valence-corrected chi connectivity index (χ4v) is 5.24. The third kappa shape index (κ3) is 5.29. The van der Waals surface area contributed by atoms with Crippen molar-refractivity contribution in [3.63, 3.8) is 0 Å². The monoisotopic (exact) mass is 521 g/mol. The summed E-state index contributed by atoms with van der Waals surface area (Å²) in [5.74, 6) is -0.0522. The summed E-state index contributed by atoms with van der Waals surface area (Å²) in [7, 11) is 1.55. The van der Waals surface area contributed by atoms with Crippen LogP contribution in [0.15, 0.2) is 36.7 Å². The van der Waals surface area contributed by atoms with Crippen molar-refractivity contribution in [2.24, 2.45) is 5.92 Å². The Balaban J connectivity index is 1.83. The number of carbonyl (C=O) groups is 2. The van der Waals surface area contributed by atoms with Gasteiger partial charge in [0.1, 0.15) is 14.9 Å². The first-order valence-corrected chi connectivity index (χ1v) is 12.1. The average molecular weight is 522 g/mol. The molecule has 1 N–H and O–H groups in total. The van der Waals surface area contributed by atoms with E-state index in [-0.39, 0.29) is 21.3 Å². The summed E-state index contributed by atoms with van der Waals surface area (Å²) in [6.07, 6.45) is 5.46. The Hall–Kier alpha value is -2.81. The van der Waals surface area contributed by atoms with Crippen LogP contribution in [-0.2, 0) is 6.42 Å². The van der Waals surface area contributed by atoms with Gasteiger partial charge in [0.05, 0.1) is 18.6 Å². The van der Waals surface area contributed by atoms with Crippen LogP contribution in [0.1, 0.15) is 54.8 Å². The van der Waals surface area contributed by atoms with Crippen molar-refractivity contribution in [1.29, 1.82) is 0 Å². The number of thiophene rings is 1. The number of carboxylic acids is 1. The summed E-state index contributed by atoms with van der Waals surface area (Å²) in [6, 6.07) is 6.96. The van der Waals surface area contributed by atoms with Gasteiger partial charge < -0.3 is 19.8 Å². The molecule has 1 unspecified atom stereocenters. The van der Waals surface area contributed by atoms with E-state index < -0.39 is 11.9 Å². The molecule has 0 spiro atoms. The van der Waals surface area contributed by atoms with Crippen LogP contribution in [-0.4, -0.2) is 31.1 Å². The lowest BCUT2D eigenvalue weighted by molar-refractivity contribution is -0.605. The number of methoxy groups -OCH3 is 1. The maximum atomic E-state index is 12.0. The van der Waals surface area contributed by atoms with Crippen molar-refractivity contribution in [1.82, 2.24) is 0 Å². The number of pyridine rings is 1. The number of aldehydes is 1. The van der Waals surface area contributed by atoms with Crippen molar-refractivity contribution in [2.45, 2.75) is 25.2 Å². The Labute approximate surface area is 210 Å². The molecule has 1 aliphatic carbocycles. The number of halogens is 2. The van der Waals surface area contributed by atoms with Gasteiger partial charge in [-0.25, -0.2) is 4.79 Å². The lowest BCUT2D eigenvalue weighted by Gasteiger charge is -2.21. The van der Waals surface area contributed by atoms with Crippen molar-refractivity contribution in [3.05, 3.63) is 78.4 Å². The second-order valence-electron chi connectivity index (χ2n) is 8.07. The lowest BCUT2D eigenvalue weighted by atomic mass is 9.85. The second kappa shape index (κ2) is 10.2. The van der Waals surface area contributed by atoms with Crippen molar-refractivity contribution in [3.8, 4) is 11.5 Å². The molecular formula is C24H21Cl2NO6S. The fraction of sp³-hybridized carbons (Fsp3) is 0.292. The van der Waals surface area contributed by atoms with Crippen LogP contribution in [0.2, 0.25) is 10.0 Å². The highest BCUT2D eigenvalue weighted by Crippen LogP contribution is 2.41. The third-order valence-corrected chi connectivity index (χ3v) is 7.41. The normalized spacial score (nSPS) is 14.0. The molecule has 2 aromatic heterocycles. The summed E-state index contributed by atoms with van der Waals surface area (Å²) < 4.78 is 12.0. The van der Waals surface area contributed by atoms with E-state index in [0.717, 1.165) is 29.7 Å². The smallest absolute Gasteiger partial charge is 0.346 e. The fourth-order valence-electron chi connectivity index (χ4n) is 3.76. The Kier molecular flexibility index (Phi) is 7.30. The minimum Gasteiger partial charge on any atom is -0.619 e. The zero-order valence-electron chi connectivity index (χ0n) is 18.1. The lowest BCUT2D eigenvalue weighted by Crippen LogP contribution is -2.25. The van der Waals surface area contributed by atoms with Gasteiger partial charge in [-0.2, -0.15) is 4.73 Å². The first-order valence-electron chi connectivity index (χ1n) is 10.5. The predicted molar refractivity (Wildman–Crippen MR) is 129 cm³/mol. The standard InChI is InChI=1S/C24H21Cl2NO6S/c1-32-21-5-4-14(6-22(21)33-12-13-2-3-13)16(8-18-19(25)9-27(31)10-20(18)26)17-7-15(11-28)34-23(17)24(29)30/h4-7,9-11,13,16H,2-3,8,12H2,1H3,(H,29,30). The van der Waals surface area contributed by atoms with E-state index in [9.17, 15) is 19.9 Å². The SMILES string of the molecule is COc1ccc(C(Cc2c(Cl)c[n+]([O-])cc2Cl)c2cc(C=O)sc2C(=O)O)cc1OCC1CC1. The highest BCUT2D eigenvalue weighted by molar-refractivity contribution is 7.15. The minimum absolute atomic E-state index is 0.0467. The van der Waals surface area contributed by atoms with Crippen LogP contribution in [0.3, 0.4) is 0 Å². The molecule has 0 amide bonds. The van der Waals surface area contributed by atoms with E-state index in [4.69, 9.17) is 32.7 Å². The Morgan fingerprint density at radius 2 is 1.97 bits per heavy atom. The Morgan fingerprint density at radius 3 is 2.56 bits per heavy atom. The largest absolute Gasteiger partial charge is 0.619 e. The first-order chi connectivity index (χ1) is 16.3. The number of benzene rings is 1. The zero-order chi connectivity index (χ0) is 24.4. The molecular weight excluding hydrogens is 501 g/mol. The van der Waals surface area contributed by atoms with Crippen molar-refractivity contribution in [2.75, 3.05) is 13.7 Å². The summed E-state index contributed by atoms with van der Waals surface area (Å²) in [5.41, 5.74) is 1.67. The molecule has 7 nitrogen and oxygen atoms in total. The molecule has 1 atom stereocenters. The van der Waals surface area contributed by atoms with Crippen LogP contribution < -0.4 is 14.2 Å². The number of hydrogen-bond acceptors (Lipinski definition) is 6. The third-order valence-electron chi connectivity index (χ3n) is 5.69. The number of aromatic nitrogens is 1. The Morgan fingerprint density at radius 1 is 1.26 bits per heavy atom. The molecule has 34 heavy (non-hydrogen) atoms. The number of nitrogens with zero attached hydrogens (tertiary/aromatic N) is 1. The van der Waals surface area contributed by atoms with E-state index in [2.05, 4.69) is 0 Å². The van der Waals surface area contributed by atoms with Gasteiger partial charge in [0.25, 0.3) is 0 Å². The minimum atomic E-state index is -1.14. The molecule has 3 aromatic rings.